The van der Waals surface area contributed by atoms with Gasteiger partial charge in [-0.25, -0.2) is 0 Å². The molecule has 0 amide bonds. The summed E-state index contributed by atoms with van der Waals surface area (Å²) < 4.78 is 10.4. The molecule has 6 heteroatoms. The molecule has 0 spiro atoms. The number of nitro groups is 1. The quantitative estimate of drug-likeness (QED) is 0.652. The third-order valence-corrected chi connectivity index (χ3v) is 2.99. The van der Waals surface area contributed by atoms with Crippen LogP contribution in [0.1, 0.15) is 5.56 Å². The van der Waals surface area contributed by atoms with Gasteiger partial charge in [-0.2, -0.15) is 0 Å². The van der Waals surface area contributed by atoms with Crippen molar-refractivity contribution in [1.82, 2.24) is 0 Å². The summed E-state index contributed by atoms with van der Waals surface area (Å²) in [7, 11) is 3.15. The van der Waals surface area contributed by atoms with Crippen LogP contribution in [0.2, 0.25) is 0 Å². The van der Waals surface area contributed by atoms with Crippen molar-refractivity contribution < 1.29 is 14.4 Å². The van der Waals surface area contributed by atoms with Gasteiger partial charge in [-0.05, 0) is 23.8 Å². The lowest BCUT2D eigenvalue weighted by Gasteiger charge is -2.10. The first-order valence-corrected chi connectivity index (χ1v) is 6.33. The Kier molecular flexibility index (Phi) is 4.61. The molecule has 0 aliphatic rings. The number of hydrogen-bond acceptors (Lipinski definition) is 5. The Labute approximate surface area is 122 Å². The van der Waals surface area contributed by atoms with Gasteiger partial charge in [-0.1, -0.05) is 12.1 Å². The van der Waals surface area contributed by atoms with E-state index in [1.807, 2.05) is 12.1 Å². The minimum Gasteiger partial charge on any atom is -0.497 e. The topological polar surface area (TPSA) is 73.6 Å². The number of nitrogens with one attached hydrogen (secondary N) is 1. The molecule has 0 heterocycles. The average Bonchev–Trinajstić information content (AvgIpc) is 2.52. The first kappa shape index (κ1) is 14.6. The van der Waals surface area contributed by atoms with Gasteiger partial charge >= 0.3 is 0 Å². The Bertz CT molecular complexity index is 621. The number of rotatable bonds is 6. The van der Waals surface area contributed by atoms with Crippen LogP contribution in [0, 0.1) is 10.1 Å². The van der Waals surface area contributed by atoms with E-state index in [0.29, 0.717) is 23.7 Å². The molecule has 0 saturated heterocycles. The van der Waals surface area contributed by atoms with Crippen LogP contribution in [-0.4, -0.2) is 19.1 Å². The summed E-state index contributed by atoms with van der Waals surface area (Å²) in [5.74, 6) is 1.35. The van der Waals surface area contributed by atoms with Crippen molar-refractivity contribution in [3.05, 3.63) is 58.1 Å². The van der Waals surface area contributed by atoms with Crippen molar-refractivity contribution in [3.63, 3.8) is 0 Å². The highest BCUT2D eigenvalue weighted by Gasteiger charge is 2.12. The van der Waals surface area contributed by atoms with Gasteiger partial charge in [0.1, 0.15) is 17.2 Å². The van der Waals surface area contributed by atoms with Crippen molar-refractivity contribution in [2.45, 2.75) is 6.54 Å². The summed E-state index contributed by atoms with van der Waals surface area (Å²) in [6.07, 6.45) is 0. The monoisotopic (exact) mass is 288 g/mol. The molecule has 2 rings (SSSR count). The normalized spacial score (nSPS) is 10.0. The minimum absolute atomic E-state index is 0.0485. The third kappa shape index (κ3) is 3.62. The second-order valence-corrected chi connectivity index (χ2v) is 4.35. The highest BCUT2D eigenvalue weighted by atomic mass is 16.6. The summed E-state index contributed by atoms with van der Waals surface area (Å²) in [6.45, 7) is 0.429. The van der Waals surface area contributed by atoms with Gasteiger partial charge in [0.2, 0.25) is 0 Å². The molecule has 0 unspecified atom stereocenters. The van der Waals surface area contributed by atoms with E-state index in [9.17, 15) is 10.1 Å². The van der Waals surface area contributed by atoms with Crippen LogP contribution in [-0.2, 0) is 6.54 Å². The first-order valence-electron chi connectivity index (χ1n) is 6.33. The molecule has 6 nitrogen and oxygen atoms in total. The van der Waals surface area contributed by atoms with Crippen molar-refractivity contribution in [2.24, 2.45) is 0 Å². The van der Waals surface area contributed by atoms with Crippen LogP contribution in [0.3, 0.4) is 0 Å². The Hall–Kier alpha value is -2.76. The van der Waals surface area contributed by atoms with E-state index in [-0.39, 0.29) is 5.69 Å². The number of ether oxygens (including phenoxy) is 2. The molecule has 21 heavy (non-hydrogen) atoms. The van der Waals surface area contributed by atoms with E-state index in [1.54, 1.807) is 38.5 Å². The summed E-state index contributed by atoms with van der Waals surface area (Å²) in [6, 6.07) is 12.0. The zero-order valence-corrected chi connectivity index (χ0v) is 11.8. The molecule has 0 bridgehead atoms. The first-order chi connectivity index (χ1) is 10.1. The highest BCUT2D eigenvalue weighted by Crippen LogP contribution is 2.26. The predicted octanol–water partition coefficient (Wildman–Crippen LogP) is 3.22. The fraction of sp³-hybridized carbons (Fsp3) is 0.200. The summed E-state index contributed by atoms with van der Waals surface area (Å²) in [5, 5.41) is 14.0. The van der Waals surface area contributed by atoms with E-state index < -0.39 is 4.92 Å². The van der Waals surface area contributed by atoms with Crippen molar-refractivity contribution >= 4 is 11.4 Å². The van der Waals surface area contributed by atoms with Crippen LogP contribution in [0.25, 0.3) is 0 Å². The van der Waals surface area contributed by atoms with E-state index in [2.05, 4.69) is 5.32 Å². The zero-order chi connectivity index (χ0) is 15.2. The van der Waals surface area contributed by atoms with Crippen LogP contribution < -0.4 is 14.8 Å². The fourth-order valence-corrected chi connectivity index (χ4v) is 1.95. The van der Waals surface area contributed by atoms with E-state index >= 15 is 0 Å². The molecule has 2 aromatic carbocycles. The van der Waals surface area contributed by atoms with Gasteiger partial charge in [0.15, 0.2) is 0 Å². The average molecular weight is 288 g/mol. The van der Waals surface area contributed by atoms with Gasteiger partial charge in [0.05, 0.1) is 19.1 Å². The van der Waals surface area contributed by atoms with Gasteiger partial charge < -0.3 is 14.8 Å². The zero-order valence-electron chi connectivity index (χ0n) is 11.8. The molecule has 0 atom stereocenters. The van der Waals surface area contributed by atoms with Gasteiger partial charge in [-0.3, -0.25) is 10.1 Å². The molecule has 0 saturated carbocycles. The molecule has 2 aromatic rings. The molecule has 110 valence electrons. The molecule has 0 aliphatic carbocycles. The molecular formula is C15H16N2O4. The number of hydrogen-bond donors (Lipinski definition) is 1. The lowest BCUT2D eigenvalue weighted by atomic mass is 10.2. The number of methoxy groups -OCH3 is 2. The van der Waals surface area contributed by atoms with Crippen LogP contribution >= 0.6 is 0 Å². The Balaban J connectivity index is 2.18. The van der Waals surface area contributed by atoms with E-state index in [0.717, 1.165) is 5.56 Å². The second-order valence-electron chi connectivity index (χ2n) is 4.35. The standard InChI is InChI=1S/C15H16N2O4/c1-20-12-7-11(8-13(9-12)21-2)10-16-14-5-3-4-6-15(14)17(18)19/h3-9,16H,10H2,1-2H3. The van der Waals surface area contributed by atoms with Crippen LogP contribution in [0.15, 0.2) is 42.5 Å². The molecule has 1 N–H and O–H groups in total. The Morgan fingerprint density at radius 2 is 1.71 bits per heavy atom. The summed E-state index contributed by atoms with van der Waals surface area (Å²) in [5.41, 5.74) is 1.43. The molecule has 0 radical (unpaired) electrons. The fourth-order valence-electron chi connectivity index (χ4n) is 1.95. The lowest BCUT2D eigenvalue weighted by Crippen LogP contribution is -2.03. The summed E-state index contributed by atoms with van der Waals surface area (Å²) >= 11 is 0. The molecule has 0 fully saturated rings. The number of benzene rings is 2. The van der Waals surface area contributed by atoms with Crippen molar-refractivity contribution in [1.29, 1.82) is 0 Å². The van der Waals surface area contributed by atoms with Gasteiger partial charge in [-0.15, -0.1) is 0 Å². The maximum Gasteiger partial charge on any atom is 0.292 e. The van der Waals surface area contributed by atoms with Crippen molar-refractivity contribution in [2.75, 3.05) is 19.5 Å². The third-order valence-electron chi connectivity index (χ3n) is 2.99. The minimum atomic E-state index is -0.408. The number of anilines is 1. The van der Waals surface area contributed by atoms with Crippen LogP contribution in [0.4, 0.5) is 11.4 Å². The largest absolute Gasteiger partial charge is 0.497 e. The Morgan fingerprint density at radius 1 is 1.10 bits per heavy atom. The van der Waals surface area contributed by atoms with Gasteiger partial charge in [0, 0.05) is 18.7 Å². The summed E-state index contributed by atoms with van der Waals surface area (Å²) in [4.78, 5) is 10.6. The maximum absolute atomic E-state index is 11.0. The molecular weight excluding hydrogens is 272 g/mol. The number of para-hydroxylation sites is 2. The molecule has 0 aromatic heterocycles. The van der Waals surface area contributed by atoms with E-state index in [1.165, 1.54) is 6.07 Å². The molecule has 0 aliphatic heterocycles. The highest BCUT2D eigenvalue weighted by molar-refractivity contribution is 5.61. The maximum atomic E-state index is 11.0. The predicted molar refractivity (Wildman–Crippen MR) is 80.0 cm³/mol. The number of nitrogens with zero attached hydrogens (tertiary/aromatic N) is 1. The smallest absolute Gasteiger partial charge is 0.292 e. The number of nitro benzene ring substituents is 1. The van der Waals surface area contributed by atoms with Crippen LogP contribution in [0.5, 0.6) is 11.5 Å². The van der Waals surface area contributed by atoms with Crippen molar-refractivity contribution in [3.8, 4) is 11.5 Å². The Morgan fingerprint density at radius 3 is 2.29 bits per heavy atom. The van der Waals surface area contributed by atoms with Gasteiger partial charge in [0.25, 0.3) is 5.69 Å². The van der Waals surface area contributed by atoms with E-state index in [4.69, 9.17) is 9.47 Å². The second kappa shape index (κ2) is 6.60. The SMILES string of the molecule is COc1cc(CNc2ccccc2[N+](=O)[O-])cc(OC)c1. The lowest BCUT2D eigenvalue weighted by molar-refractivity contribution is -0.384.